The summed E-state index contributed by atoms with van der Waals surface area (Å²) in [6.45, 7) is 4.90. The molecule has 3 aromatic heterocycles. The number of ether oxygens (including phenoxy) is 2. The van der Waals surface area contributed by atoms with Gasteiger partial charge >= 0.3 is 5.65 Å². The van der Waals surface area contributed by atoms with Gasteiger partial charge in [0.25, 0.3) is 0 Å². The van der Waals surface area contributed by atoms with Crippen LogP contribution in [0.25, 0.3) is 16.6 Å². The van der Waals surface area contributed by atoms with Crippen molar-refractivity contribution in [2.45, 2.75) is 25.5 Å². The molecule has 0 aliphatic heterocycles. The molecule has 1 atom stereocenters. The van der Waals surface area contributed by atoms with E-state index in [4.69, 9.17) is 9.47 Å². The monoisotopic (exact) mass is 597 g/mol. The molecule has 0 aliphatic carbocycles. The molecular weight excluding hydrogens is 564 g/mol. The van der Waals surface area contributed by atoms with Crippen molar-refractivity contribution < 1.29 is 18.8 Å². The van der Waals surface area contributed by atoms with E-state index in [0.29, 0.717) is 58.2 Å². The van der Waals surface area contributed by atoms with Crippen LogP contribution in [0.3, 0.4) is 0 Å². The third-order valence-electron chi connectivity index (χ3n) is 6.63. The molecule has 0 fully saturated rings. The van der Waals surface area contributed by atoms with Crippen LogP contribution >= 0.6 is 12.6 Å². The molecular formula is C31H33N8O3S+. The minimum atomic E-state index is -0.183. The second-order valence-electron chi connectivity index (χ2n) is 10.3. The molecule has 3 N–H and O–H groups in total. The Labute approximate surface area is 254 Å². The number of rotatable bonds is 11. The largest absolute Gasteiger partial charge is 0.492 e. The minimum Gasteiger partial charge on any atom is -0.492 e. The molecule has 0 radical (unpaired) electrons. The van der Waals surface area contributed by atoms with Crippen molar-refractivity contribution in [2.24, 2.45) is 0 Å². The van der Waals surface area contributed by atoms with Crippen molar-refractivity contribution in [1.29, 1.82) is 5.26 Å². The number of aromatic nitrogens is 4. The molecule has 0 bridgehead atoms. The Morgan fingerprint density at radius 1 is 1.19 bits per heavy atom. The molecule has 0 aliphatic rings. The number of amides is 1. The molecule has 220 valence electrons. The van der Waals surface area contributed by atoms with Crippen LogP contribution < -0.4 is 24.6 Å². The first-order valence-corrected chi connectivity index (χ1v) is 14.3. The number of thiol groups is 1. The topological polar surface area (TPSA) is 132 Å². The highest BCUT2D eigenvalue weighted by atomic mass is 32.1. The van der Waals surface area contributed by atoms with Gasteiger partial charge in [0.2, 0.25) is 12.2 Å². The van der Waals surface area contributed by atoms with E-state index >= 15 is 0 Å². The van der Waals surface area contributed by atoms with Crippen LogP contribution in [0.2, 0.25) is 0 Å². The van der Waals surface area contributed by atoms with E-state index in [1.54, 1.807) is 23.0 Å². The normalized spacial score (nSPS) is 11.8. The average Bonchev–Trinajstić information content (AvgIpc) is 3.43. The lowest BCUT2D eigenvalue weighted by molar-refractivity contribution is -0.577. The summed E-state index contributed by atoms with van der Waals surface area (Å²) in [6, 6.07) is 15.2. The minimum absolute atomic E-state index is 0.127. The number of hydrogen-bond donors (Lipinski definition) is 4. The number of nitriles is 1. The summed E-state index contributed by atoms with van der Waals surface area (Å²) < 4.78 is 13.8. The van der Waals surface area contributed by atoms with Gasteiger partial charge < -0.3 is 25.0 Å². The number of hydrogen-bond acceptors (Lipinski definition) is 9. The summed E-state index contributed by atoms with van der Waals surface area (Å²) in [5, 5.41) is 19.8. The van der Waals surface area contributed by atoms with Crippen LogP contribution in [0, 0.1) is 18.3 Å². The van der Waals surface area contributed by atoms with Crippen LogP contribution in [-0.4, -0.2) is 58.4 Å². The maximum absolute atomic E-state index is 12.9. The van der Waals surface area contributed by atoms with E-state index in [0.717, 1.165) is 16.9 Å². The zero-order valence-corrected chi connectivity index (χ0v) is 25.3. The third kappa shape index (κ3) is 6.97. The number of pyridine rings is 2. The molecule has 5 rings (SSSR count). The maximum Gasteiger partial charge on any atom is 0.351 e. The predicted molar refractivity (Wildman–Crippen MR) is 168 cm³/mol. The number of aryl methyl sites for hydroxylation is 1. The van der Waals surface area contributed by atoms with Gasteiger partial charge in [0.15, 0.2) is 0 Å². The summed E-state index contributed by atoms with van der Waals surface area (Å²) in [5.74, 6) is 1.66. The Bertz CT molecular complexity index is 1830. The summed E-state index contributed by atoms with van der Waals surface area (Å²) in [7, 11) is 3.88. The maximum atomic E-state index is 12.9. The number of carbonyl (C=O) groups excluding carboxylic acids is 1. The first-order chi connectivity index (χ1) is 20.7. The Hall–Kier alpha value is -4.86. The Morgan fingerprint density at radius 2 is 2.02 bits per heavy atom. The lowest BCUT2D eigenvalue weighted by atomic mass is 10.1. The second kappa shape index (κ2) is 13.0. The van der Waals surface area contributed by atoms with E-state index in [1.165, 1.54) is 6.20 Å². The van der Waals surface area contributed by atoms with Crippen LogP contribution in [-0.2, 0) is 4.79 Å². The molecule has 0 saturated heterocycles. The second-order valence-corrected chi connectivity index (χ2v) is 11.0. The lowest BCUT2D eigenvalue weighted by Gasteiger charge is -2.18. The van der Waals surface area contributed by atoms with E-state index in [1.807, 2.05) is 69.4 Å². The molecule has 0 saturated carbocycles. The highest BCUT2D eigenvalue weighted by Crippen LogP contribution is 2.37. The van der Waals surface area contributed by atoms with Gasteiger partial charge in [-0.3, -0.25) is 9.78 Å². The molecule has 2 aromatic carbocycles. The molecule has 3 heterocycles. The number of H-pyrrole nitrogens is 1. The van der Waals surface area contributed by atoms with E-state index in [9.17, 15) is 10.1 Å². The number of nitrogens with zero attached hydrogens (tertiary/aromatic N) is 5. The van der Waals surface area contributed by atoms with Crippen molar-refractivity contribution in [3.05, 3.63) is 72.3 Å². The van der Waals surface area contributed by atoms with Crippen molar-refractivity contribution in [3.63, 3.8) is 0 Å². The van der Waals surface area contributed by atoms with E-state index < -0.39 is 0 Å². The van der Waals surface area contributed by atoms with E-state index in [2.05, 4.69) is 44.4 Å². The van der Waals surface area contributed by atoms with Gasteiger partial charge in [0.05, 0.1) is 35.1 Å². The zero-order chi connectivity index (χ0) is 30.5. The molecule has 0 spiro atoms. The van der Waals surface area contributed by atoms with Crippen LogP contribution in [0.4, 0.5) is 17.1 Å². The average molecular weight is 598 g/mol. The standard InChI is InChI=1S/C31H32N8O3S/c1-5-41-28-14-25-24(13-26(28)37-30(40)12-23(43)17-38(3)4)31(20(15-32)16-33-25)36-21-6-7-27(19(2)10-21)42-22-8-9-39-29(11-22)34-18-35-39/h6-11,13-14,16,18,23H,5,12,17H2,1-4H3,(H3,33,36,37,40,43)/p+1. The van der Waals surface area contributed by atoms with Gasteiger partial charge in [-0.25, -0.2) is 0 Å². The lowest BCUT2D eigenvalue weighted by Crippen LogP contribution is -2.26. The fourth-order valence-corrected chi connectivity index (χ4v) is 5.22. The van der Waals surface area contributed by atoms with Gasteiger partial charge in [0.1, 0.15) is 29.5 Å². The van der Waals surface area contributed by atoms with Crippen molar-refractivity contribution >= 4 is 52.1 Å². The summed E-state index contributed by atoms with van der Waals surface area (Å²) in [5.41, 5.74) is 4.43. The quantitative estimate of drug-likeness (QED) is 0.124. The highest BCUT2D eigenvalue weighted by Gasteiger charge is 2.18. The summed E-state index contributed by atoms with van der Waals surface area (Å²) in [4.78, 5) is 23.6. The van der Waals surface area contributed by atoms with Crippen LogP contribution in [0.5, 0.6) is 17.2 Å². The first kappa shape index (κ1) is 29.6. The van der Waals surface area contributed by atoms with E-state index in [-0.39, 0.29) is 17.6 Å². The zero-order valence-electron chi connectivity index (χ0n) is 24.4. The highest BCUT2D eigenvalue weighted by molar-refractivity contribution is 7.81. The van der Waals surface area contributed by atoms with Crippen LogP contribution in [0.15, 0.2) is 61.2 Å². The predicted octanol–water partition coefficient (Wildman–Crippen LogP) is 5.00. The summed E-state index contributed by atoms with van der Waals surface area (Å²) >= 11 is 4.55. The van der Waals surface area contributed by atoms with Gasteiger partial charge in [-0.1, -0.05) is 0 Å². The van der Waals surface area contributed by atoms with Crippen LogP contribution in [0.1, 0.15) is 24.5 Å². The number of aromatic amines is 1. The van der Waals surface area contributed by atoms with Crippen molar-refractivity contribution in [3.8, 4) is 23.3 Å². The Kier molecular flexibility index (Phi) is 8.94. The van der Waals surface area contributed by atoms with Crippen molar-refractivity contribution in [2.75, 3.05) is 37.9 Å². The Balaban J connectivity index is 1.44. The van der Waals surface area contributed by atoms with Gasteiger partial charge in [-0.2, -0.15) is 23.0 Å². The molecule has 5 aromatic rings. The number of fused-ring (bicyclic) bond motifs is 2. The smallest absolute Gasteiger partial charge is 0.351 e. The number of nitrogens with one attached hydrogen (secondary N) is 3. The molecule has 1 amide bonds. The number of benzene rings is 2. The number of carbonyl (C=O) groups is 1. The van der Waals surface area contributed by atoms with Gasteiger partial charge in [-0.15, -0.1) is 4.52 Å². The molecule has 12 heteroatoms. The van der Waals surface area contributed by atoms with Gasteiger partial charge in [-0.05, 0) is 62.8 Å². The third-order valence-corrected chi connectivity index (χ3v) is 6.98. The SMILES string of the molecule is CCOc1cc2ncc(C#N)c(Nc3ccc(Oc4cc[n+]5[nH]cnc5c4)c(C)c3)c2cc1NC(=O)CC(S)CN(C)C. The fraction of sp³-hybridized carbons (Fsp3) is 0.258. The summed E-state index contributed by atoms with van der Waals surface area (Å²) in [6.07, 6.45) is 5.21. The van der Waals surface area contributed by atoms with Crippen molar-refractivity contribution in [1.82, 2.24) is 20.0 Å². The molecule has 1 unspecified atom stereocenters. The molecule has 43 heavy (non-hydrogen) atoms. The fourth-order valence-electron chi connectivity index (χ4n) is 4.72. The van der Waals surface area contributed by atoms with Gasteiger partial charge in [0, 0.05) is 47.6 Å². The Morgan fingerprint density at radius 3 is 2.77 bits per heavy atom. The first-order valence-electron chi connectivity index (χ1n) is 13.8. The number of anilines is 3. The molecule has 11 nitrogen and oxygen atoms in total.